The lowest BCUT2D eigenvalue weighted by Gasteiger charge is -2.43. The maximum atomic E-state index is 13.3. The Morgan fingerprint density at radius 1 is 0.529 bits per heavy atom. The Kier molecular flexibility index (Phi) is 15.1. The molecule has 2 saturated heterocycles. The van der Waals surface area contributed by atoms with Gasteiger partial charge in [0, 0.05) is 23.5 Å². The second-order valence-electron chi connectivity index (χ2n) is 21.1. The Hall–Kier alpha value is -5.75. The van der Waals surface area contributed by atoms with E-state index in [9.17, 15) is 19.2 Å². The molecule has 70 heavy (non-hydrogen) atoms. The molecule has 0 amide bonds. The average molecular weight is 981 g/mol. The van der Waals surface area contributed by atoms with Crippen molar-refractivity contribution in [2.45, 2.75) is 116 Å². The van der Waals surface area contributed by atoms with E-state index in [2.05, 4.69) is 161 Å². The minimum absolute atomic E-state index is 0.0388. The molecule has 0 bridgehead atoms. The van der Waals surface area contributed by atoms with Crippen LogP contribution in [0, 0.1) is 25.7 Å². The first kappa shape index (κ1) is 50.6. The van der Waals surface area contributed by atoms with Gasteiger partial charge < -0.3 is 18.3 Å². The van der Waals surface area contributed by atoms with Crippen molar-refractivity contribution >= 4 is 37.4 Å². The van der Waals surface area contributed by atoms with Gasteiger partial charge in [-0.15, -0.1) is 0 Å². The summed E-state index contributed by atoms with van der Waals surface area (Å²) in [5.74, 6) is -0.0775. The number of aromatic nitrogens is 4. The van der Waals surface area contributed by atoms with Crippen LogP contribution in [0.1, 0.15) is 90.8 Å². The number of nitrogens with zero attached hydrogens (tertiary/aromatic N) is 2. The summed E-state index contributed by atoms with van der Waals surface area (Å²) in [5.41, 5.74) is -1.00. The van der Waals surface area contributed by atoms with E-state index in [0.29, 0.717) is 50.0 Å². The summed E-state index contributed by atoms with van der Waals surface area (Å²) in [5, 5.41) is 4.14. The molecule has 0 aliphatic carbocycles. The lowest BCUT2D eigenvalue weighted by atomic mass is 9.94. The lowest BCUT2D eigenvalue weighted by molar-refractivity contribution is -0.0295. The average Bonchev–Trinajstić information content (AvgIpc) is 3.94. The number of H-pyrrole nitrogens is 2. The third-order valence-electron chi connectivity index (χ3n) is 14.4. The minimum atomic E-state index is -2.94. The molecule has 2 aliphatic heterocycles. The Morgan fingerprint density at radius 2 is 0.829 bits per heavy atom. The number of allylic oxidation sites excluding steroid dienone is 2. The summed E-state index contributed by atoms with van der Waals surface area (Å²) >= 11 is 0. The van der Waals surface area contributed by atoms with Crippen LogP contribution in [0.25, 0.3) is 0 Å². The van der Waals surface area contributed by atoms with Gasteiger partial charge in [-0.05, 0) is 82.2 Å². The second-order valence-corrected chi connectivity index (χ2v) is 29.7. The molecule has 12 nitrogen and oxygen atoms in total. The predicted molar refractivity (Wildman–Crippen MR) is 282 cm³/mol. The number of benzene rings is 4. The van der Waals surface area contributed by atoms with Crippen LogP contribution in [0.3, 0.4) is 0 Å². The Morgan fingerprint density at radius 3 is 1.11 bits per heavy atom. The highest BCUT2D eigenvalue weighted by molar-refractivity contribution is 7.00. The normalized spacial score (nSPS) is 21.1. The molecule has 0 unspecified atom stereocenters. The quantitative estimate of drug-likeness (QED) is 0.0780. The van der Waals surface area contributed by atoms with E-state index in [1.807, 2.05) is 24.3 Å². The zero-order valence-corrected chi connectivity index (χ0v) is 43.7. The third kappa shape index (κ3) is 10.2. The van der Waals surface area contributed by atoms with Crippen molar-refractivity contribution in [3.8, 4) is 0 Å². The first-order chi connectivity index (χ1) is 33.4. The van der Waals surface area contributed by atoms with E-state index in [4.69, 9.17) is 18.3 Å². The number of hydrogen-bond acceptors (Lipinski definition) is 8. The Balaban J connectivity index is 1.09. The van der Waals surface area contributed by atoms with Gasteiger partial charge in [0.2, 0.25) is 0 Å². The molecule has 8 rings (SSSR count). The third-order valence-corrected chi connectivity index (χ3v) is 24.5. The largest absolute Gasteiger partial charge is 0.405 e. The van der Waals surface area contributed by atoms with Crippen molar-refractivity contribution in [1.82, 2.24) is 19.1 Å². The van der Waals surface area contributed by atoms with E-state index in [-0.39, 0.29) is 34.1 Å². The SMILES string of the molecule is Cc1cn([C@H]2C[C@H](C/C=C\C[C@H]3C[C@H](n4cc(C)c(=O)[nH]c4=O)O[C@@H]3CO[Si](c3ccccc3)(c3ccccc3)C(C)(C)C)[C@@H](CO[Si](c3ccccc3)(c3ccccc3)C(C)(C)C)O2)c(=O)[nH]c1=O. The number of hydrogen-bond donors (Lipinski definition) is 2. The molecule has 0 radical (unpaired) electrons. The van der Waals surface area contributed by atoms with Crippen molar-refractivity contribution in [3.63, 3.8) is 0 Å². The maximum Gasteiger partial charge on any atom is 0.330 e. The van der Waals surface area contributed by atoms with Crippen molar-refractivity contribution in [1.29, 1.82) is 0 Å². The van der Waals surface area contributed by atoms with Crippen LogP contribution in [0.2, 0.25) is 10.1 Å². The topological polar surface area (TPSA) is 147 Å². The van der Waals surface area contributed by atoms with Gasteiger partial charge in [0.25, 0.3) is 27.8 Å². The van der Waals surface area contributed by atoms with Gasteiger partial charge in [0.05, 0.1) is 25.4 Å². The molecule has 14 heteroatoms. The number of aromatic amines is 2. The first-order valence-electron chi connectivity index (χ1n) is 24.5. The zero-order valence-electron chi connectivity index (χ0n) is 41.7. The van der Waals surface area contributed by atoms with Crippen LogP contribution in [0.4, 0.5) is 0 Å². The first-order valence-corrected chi connectivity index (χ1v) is 28.3. The summed E-state index contributed by atoms with van der Waals surface area (Å²) in [6, 6.07) is 42.0. The van der Waals surface area contributed by atoms with Crippen LogP contribution in [-0.2, 0) is 18.3 Å². The zero-order chi connectivity index (χ0) is 49.8. The standard InChI is InChI=1S/C56H68N4O8Si2/c1-39-35-59(53(63)57-51(39)61)49-33-41(47(67-49)37-65-69(55(3,4)5,43-25-13-9-14-26-43)44-27-15-10-16-28-44)23-21-22-24-42-34-50(60-36-40(2)52(62)58-54(60)64)68-48(42)38-66-70(56(6,7)8,45-29-17-11-18-30-45)46-31-19-12-20-32-46/h9-22,25-32,35-36,41-42,47-50H,23-24,33-34,37-38H2,1-8H3,(H,57,61,63)(H,58,62,64)/b22-21-/t41-,42-,47+,48+,49+,50+/m0/s1. The second kappa shape index (κ2) is 20.9. The minimum Gasteiger partial charge on any atom is -0.405 e. The van der Waals surface area contributed by atoms with Gasteiger partial charge >= 0.3 is 11.4 Å². The van der Waals surface area contributed by atoms with E-state index in [1.165, 1.54) is 9.13 Å². The molecule has 2 aliphatic rings. The van der Waals surface area contributed by atoms with Crippen molar-refractivity contribution in [2.24, 2.45) is 11.8 Å². The maximum absolute atomic E-state index is 13.3. The molecule has 368 valence electrons. The van der Waals surface area contributed by atoms with E-state index < -0.39 is 51.6 Å². The van der Waals surface area contributed by atoms with Crippen LogP contribution >= 0.6 is 0 Å². The van der Waals surface area contributed by atoms with Crippen molar-refractivity contribution < 1.29 is 18.3 Å². The van der Waals surface area contributed by atoms with Crippen LogP contribution in [0.15, 0.2) is 165 Å². The molecule has 0 saturated carbocycles. The van der Waals surface area contributed by atoms with Gasteiger partial charge in [-0.25, -0.2) is 9.59 Å². The molecule has 2 fully saturated rings. The molecule has 2 N–H and O–H groups in total. The highest BCUT2D eigenvalue weighted by atomic mass is 28.4. The predicted octanol–water partition coefficient (Wildman–Crippen LogP) is 7.00. The lowest BCUT2D eigenvalue weighted by Crippen LogP contribution is -2.67. The highest BCUT2D eigenvalue weighted by Crippen LogP contribution is 2.42. The molecule has 6 aromatic rings. The monoisotopic (exact) mass is 980 g/mol. The molecular formula is C56H68N4O8Si2. The molecule has 0 spiro atoms. The summed E-state index contributed by atoms with van der Waals surface area (Å²) in [7, 11) is -5.88. The summed E-state index contributed by atoms with van der Waals surface area (Å²) < 4.78 is 31.5. The fraction of sp³-hybridized carbons (Fsp3) is 0.393. The summed E-state index contributed by atoms with van der Waals surface area (Å²) in [4.78, 5) is 56.4. The van der Waals surface area contributed by atoms with Crippen LogP contribution < -0.4 is 43.2 Å². The van der Waals surface area contributed by atoms with Gasteiger partial charge in [0.15, 0.2) is 0 Å². The van der Waals surface area contributed by atoms with Crippen molar-refractivity contribution in [2.75, 3.05) is 13.2 Å². The molecule has 6 atom stereocenters. The van der Waals surface area contributed by atoms with Crippen LogP contribution in [0.5, 0.6) is 0 Å². The summed E-state index contributed by atoms with van der Waals surface area (Å²) in [6.45, 7) is 17.5. The van der Waals surface area contributed by atoms with Gasteiger partial charge in [-0.3, -0.25) is 28.7 Å². The van der Waals surface area contributed by atoms with Gasteiger partial charge in [-0.1, -0.05) is 175 Å². The fourth-order valence-electron chi connectivity index (χ4n) is 10.8. The Bertz CT molecular complexity index is 2700. The van der Waals surface area contributed by atoms with E-state index >= 15 is 0 Å². The molecule has 4 heterocycles. The Labute approximate surface area is 412 Å². The number of rotatable bonds is 16. The molecule has 4 aromatic carbocycles. The van der Waals surface area contributed by atoms with Crippen molar-refractivity contribution in [3.05, 3.63) is 199 Å². The van der Waals surface area contributed by atoms with Gasteiger partial charge in [0.1, 0.15) is 12.5 Å². The van der Waals surface area contributed by atoms with Gasteiger partial charge in [-0.2, -0.15) is 0 Å². The van der Waals surface area contributed by atoms with E-state index in [1.54, 1.807) is 26.2 Å². The highest BCUT2D eigenvalue weighted by Gasteiger charge is 2.53. The smallest absolute Gasteiger partial charge is 0.330 e. The number of ether oxygens (including phenoxy) is 2. The fourth-order valence-corrected chi connectivity index (χ4v) is 20.0. The molecular weight excluding hydrogens is 913 g/mol. The number of nitrogens with one attached hydrogen (secondary N) is 2. The number of aryl methyl sites for hydroxylation is 2. The summed E-state index contributed by atoms with van der Waals surface area (Å²) in [6.07, 6.45) is 7.92. The van der Waals surface area contributed by atoms with Crippen LogP contribution in [-0.4, -0.2) is 61.2 Å². The molecule has 2 aromatic heterocycles. The van der Waals surface area contributed by atoms with E-state index in [0.717, 1.165) is 20.7 Å².